The van der Waals surface area contributed by atoms with Crippen molar-refractivity contribution in [1.29, 1.82) is 0 Å². The lowest BCUT2D eigenvalue weighted by Crippen LogP contribution is -2.29. The molecule has 0 amide bonds. The zero-order valence-electron chi connectivity index (χ0n) is 51.1. The number of unbranched alkanes of at least 4 members (excludes halogenated alkanes) is 32. The van der Waals surface area contributed by atoms with Gasteiger partial charge in [0.15, 0.2) is 6.10 Å². The quantitative estimate of drug-likeness (QED) is 0.0264. The van der Waals surface area contributed by atoms with E-state index in [-0.39, 0.29) is 38.6 Å². The molecule has 0 saturated heterocycles. The summed E-state index contributed by atoms with van der Waals surface area (Å²) in [7, 11) is -4.39. The molecular weight excluding hydrogens is 1000 g/mol. The number of carbonyl (C=O) groups is 2. The summed E-state index contributed by atoms with van der Waals surface area (Å²) in [6, 6.07) is 0. The van der Waals surface area contributed by atoms with Crippen molar-refractivity contribution in [2.45, 2.75) is 302 Å². The van der Waals surface area contributed by atoms with Crippen molar-refractivity contribution in [1.82, 2.24) is 0 Å². The summed E-state index contributed by atoms with van der Waals surface area (Å²) < 4.78 is 33.1. The van der Waals surface area contributed by atoms with Crippen molar-refractivity contribution in [3.8, 4) is 0 Å². The molecule has 0 aromatic carbocycles. The smallest absolute Gasteiger partial charge is 0.462 e. The van der Waals surface area contributed by atoms with Crippen LogP contribution in [0.1, 0.15) is 296 Å². The van der Waals surface area contributed by atoms with Gasteiger partial charge in [0, 0.05) is 19.4 Å². The molecule has 0 bridgehead atoms. The van der Waals surface area contributed by atoms with Gasteiger partial charge in [0.25, 0.3) is 0 Å². The van der Waals surface area contributed by atoms with E-state index in [0.717, 1.165) is 96.3 Å². The third-order valence-corrected chi connectivity index (χ3v) is 14.9. The van der Waals surface area contributed by atoms with Crippen LogP contribution in [0.3, 0.4) is 0 Å². The molecule has 2 unspecified atom stereocenters. The van der Waals surface area contributed by atoms with Crippen LogP contribution in [0, 0.1) is 0 Å². The Bertz CT molecular complexity index is 1610. The molecule has 456 valence electrons. The molecule has 79 heavy (non-hydrogen) atoms. The van der Waals surface area contributed by atoms with Crippen molar-refractivity contribution in [2.24, 2.45) is 5.73 Å². The van der Waals surface area contributed by atoms with Gasteiger partial charge in [-0.3, -0.25) is 18.6 Å². The molecule has 0 radical (unpaired) electrons. The summed E-state index contributed by atoms with van der Waals surface area (Å²) in [6.45, 7) is 3.65. The number of nitrogens with two attached hydrogens (primary N) is 1. The fraction of sp³-hybridized carbons (Fsp3) is 0.739. The summed E-state index contributed by atoms with van der Waals surface area (Å²) in [5.41, 5.74) is 5.39. The van der Waals surface area contributed by atoms with Crippen LogP contribution in [-0.4, -0.2) is 49.3 Å². The molecule has 2 atom stereocenters. The van der Waals surface area contributed by atoms with Crippen LogP contribution >= 0.6 is 7.82 Å². The van der Waals surface area contributed by atoms with E-state index in [0.29, 0.717) is 6.42 Å². The maximum absolute atomic E-state index is 12.7. The Kier molecular flexibility index (Phi) is 61.6. The van der Waals surface area contributed by atoms with E-state index in [1.807, 2.05) is 0 Å². The summed E-state index contributed by atoms with van der Waals surface area (Å²) in [6.07, 6.45) is 86.4. The fourth-order valence-corrected chi connectivity index (χ4v) is 9.91. The van der Waals surface area contributed by atoms with E-state index >= 15 is 0 Å². The van der Waals surface area contributed by atoms with E-state index in [4.69, 9.17) is 24.3 Å². The normalized spacial score (nSPS) is 13.6. The number of esters is 2. The lowest BCUT2D eigenvalue weighted by molar-refractivity contribution is -0.161. The Hall–Kier alpha value is -3.07. The molecule has 0 heterocycles. The average Bonchev–Trinajstić information content (AvgIpc) is 3.44. The Balaban J connectivity index is 3.83. The molecule has 0 fully saturated rings. The molecule has 0 aliphatic rings. The highest BCUT2D eigenvalue weighted by Crippen LogP contribution is 2.43. The predicted molar refractivity (Wildman–Crippen MR) is 339 cm³/mol. The third-order valence-electron chi connectivity index (χ3n) is 14.0. The maximum atomic E-state index is 12.7. The van der Waals surface area contributed by atoms with Crippen molar-refractivity contribution in [2.75, 3.05) is 26.4 Å². The molecule has 0 aromatic rings. The van der Waals surface area contributed by atoms with Crippen molar-refractivity contribution < 1.29 is 37.6 Å². The Morgan fingerprint density at radius 2 is 0.696 bits per heavy atom. The molecule has 0 aliphatic heterocycles. The van der Waals surface area contributed by atoms with Gasteiger partial charge in [-0.15, -0.1) is 0 Å². The predicted octanol–water partition coefficient (Wildman–Crippen LogP) is 21.2. The molecule has 9 nitrogen and oxygen atoms in total. The maximum Gasteiger partial charge on any atom is 0.472 e. The van der Waals surface area contributed by atoms with Gasteiger partial charge in [-0.05, 0) is 96.3 Å². The molecule has 0 saturated carbocycles. The monoisotopic (exact) mass is 1120 g/mol. The minimum atomic E-state index is -4.39. The van der Waals surface area contributed by atoms with Crippen molar-refractivity contribution >= 4 is 19.8 Å². The Morgan fingerprint density at radius 1 is 0.392 bits per heavy atom. The molecule has 0 aliphatic carbocycles. The molecule has 0 aromatic heterocycles. The van der Waals surface area contributed by atoms with Crippen molar-refractivity contribution in [3.05, 3.63) is 97.2 Å². The van der Waals surface area contributed by atoms with E-state index < -0.39 is 26.5 Å². The van der Waals surface area contributed by atoms with Crippen LogP contribution in [0.4, 0.5) is 0 Å². The number of phosphoric ester groups is 1. The lowest BCUT2D eigenvalue weighted by atomic mass is 10.0. The number of ether oxygens (including phenoxy) is 2. The molecular formula is C69H122NO8P. The van der Waals surface area contributed by atoms with Crippen LogP contribution in [0.5, 0.6) is 0 Å². The molecule has 0 rings (SSSR count). The standard InChI is InChI=1S/C69H122NO8P/c1-3-5-7-9-11-13-15-17-19-21-22-23-24-25-26-27-28-29-30-31-32-33-34-35-36-37-38-39-40-41-42-43-44-46-48-50-52-54-56-58-60-62-69(72)78-67(66-77-79(73,74)76-64-63-70)65-75-68(71)61-59-57-55-53-51-49-47-45-20-18-16-14-12-10-8-6-4-2/h5,7,11,13,17-20,22-23,25-26,28-29,31-32,67H,3-4,6,8-10,12,14-16,21,24,27,30,33-66,70H2,1-2H3,(H,73,74)/b7-5-,13-11-,19-17-,20-18-,23-22-,26-25-,29-28-,32-31-. The number of allylic oxidation sites excluding steroid dienone is 16. The second kappa shape index (κ2) is 64.1. The van der Waals surface area contributed by atoms with Gasteiger partial charge in [-0.2, -0.15) is 0 Å². The van der Waals surface area contributed by atoms with Crippen LogP contribution in [0.25, 0.3) is 0 Å². The van der Waals surface area contributed by atoms with Crippen LogP contribution in [-0.2, 0) is 32.7 Å². The van der Waals surface area contributed by atoms with Crippen molar-refractivity contribution in [3.63, 3.8) is 0 Å². The van der Waals surface area contributed by atoms with Crippen LogP contribution < -0.4 is 5.73 Å². The fourth-order valence-electron chi connectivity index (χ4n) is 9.14. The topological polar surface area (TPSA) is 134 Å². The first-order valence-electron chi connectivity index (χ1n) is 32.7. The molecule has 3 N–H and O–H groups in total. The van der Waals surface area contributed by atoms with Gasteiger partial charge in [-0.25, -0.2) is 4.57 Å². The number of hydrogen-bond acceptors (Lipinski definition) is 8. The second-order valence-electron chi connectivity index (χ2n) is 21.6. The highest BCUT2D eigenvalue weighted by Gasteiger charge is 2.26. The minimum absolute atomic E-state index is 0.0517. The summed E-state index contributed by atoms with van der Waals surface area (Å²) in [4.78, 5) is 35.2. The largest absolute Gasteiger partial charge is 0.472 e. The van der Waals surface area contributed by atoms with Gasteiger partial charge in [0.1, 0.15) is 6.61 Å². The summed E-state index contributed by atoms with van der Waals surface area (Å²) in [5.74, 6) is -0.824. The highest BCUT2D eigenvalue weighted by atomic mass is 31.2. The zero-order chi connectivity index (χ0) is 57.3. The highest BCUT2D eigenvalue weighted by molar-refractivity contribution is 7.47. The van der Waals surface area contributed by atoms with Gasteiger partial charge < -0.3 is 20.1 Å². The molecule has 10 heteroatoms. The summed E-state index contributed by atoms with van der Waals surface area (Å²) in [5, 5.41) is 0. The van der Waals surface area contributed by atoms with Gasteiger partial charge >= 0.3 is 19.8 Å². The van der Waals surface area contributed by atoms with Crippen LogP contribution in [0.15, 0.2) is 97.2 Å². The minimum Gasteiger partial charge on any atom is -0.462 e. The van der Waals surface area contributed by atoms with E-state index in [1.165, 1.54) is 167 Å². The second-order valence-corrected chi connectivity index (χ2v) is 23.1. The third kappa shape index (κ3) is 64.0. The first-order chi connectivity index (χ1) is 38.8. The lowest BCUT2D eigenvalue weighted by Gasteiger charge is -2.19. The Morgan fingerprint density at radius 3 is 1.05 bits per heavy atom. The zero-order valence-corrected chi connectivity index (χ0v) is 52.0. The molecule has 0 spiro atoms. The van der Waals surface area contributed by atoms with E-state index in [9.17, 15) is 19.0 Å². The summed E-state index contributed by atoms with van der Waals surface area (Å²) >= 11 is 0. The SMILES string of the molecule is CC/C=C\C/C=C\C/C=C\C/C=C\C/C=C\C/C=C\C/C=C\CCCCCCCCCCCCCCCCCCCCCC(=O)OC(COC(=O)CCCCCCCCC/C=C\CCCCCCCC)COP(=O)(O)OCCN. The number of phosphoric acid groups is 1. The number of rotatable bonds is 61. The first-order valence-corrected chi connectivity index (χ1v) is 34.2. The van der Waals surface area contributed by atoms with E-state index in [2.05, 4.69) is 111 Å². The van der Waals surface area contributed by atoms with Gasteiger partial charge in [0.05, 0.1) is 13.2 Å². The van der Waals surface area contributed by atoms with Gasteiger partial charge in [0.2, 0.25) is 0 Å². The number of hydrogen-bond donors (Lipinski definition) is 2. The van der Waals surface area contributed by atoms with E-state index in [1.54, 1.807) is 0 Å². The average molecular weight is 1120 g/mol. The first kappa shape index (κ1) is 75.9. The van der Waals surface area contributed by atoms with Gasteiger partial charge in [-0.1, -0.05) is 284 Å². The van der Waals surface area contributed by atoms with Crippen LogP contribution in [0.2, 0.25) is 0 Å². The number of carbonyl (C=O) groups excluding carboxylic acids is 2. The Labute approximate surface area is 486 Å².